The van der Waals surface area contributed by atoms with Crippen LogP contribution in [0.5, 0.6) is 0 Å². The van der Waals surface area contributed by atoms with Crippen molar-refractivity contribution in [2.45, 2.75) is 26.3 Å². The summed E-state index contributed by atoms with van der Waals surface area (Å²) in [6.45, 7) is 5.27. The number of hydrogen-bond donors (Lipinski definition) is 2. The van der Waals surface area contributed by atoms with Crippen molar-refractivity contribution in [2.75, 3.05) is 18.4 Å². The number of aryl methyl sites for hydroxylation is 1. The van der Waals surface area contributed by atoms with Crippen LogP contribution in [-0.4, -0.2) is 32.9 Å². The van der Waals surface area contributed by atoms with Crippen molar-refractivity contribution in [2.24, 2.45) is 0 Å². The number of anilines is 2. The zero-order valence-electron chi connectivity index (χ0n) is 18.7. The summed E-state index contributed by atoms with van der Waals surface area (Å²) in [5.41, 5.74) is 7.24. The minimum atomic E-state index is 0.501. The Bertz CT molecular complexity index is 1350. The molecule has 6 heteroatoms. The maximum absolute atomic E-state index is 9.71. The third-order valence-corrected chi connectivity index (χ3v) is 6.21. The Morgan fingerprint density at radius 2 is 2.00 bits per heavy atom. The number of nitrogens with zero attached hydrogens (tertiary/aromatic N) is 4. The highest BCUT2D eigenvalue weighted by Crippen LogP contribution is 2.31. The number of nitriles is 1. The molecule has 164 valence electrons. The number of nitrogens with one attached hydrogen (secondary N) is 2. The van der Waals surface area contributed by atoms with E-state index in [-0.39, 0.29) is 0 Å². The lowest BCUT2D eigenvalue weighted by atomic mass is 10.1. The predicted octanol–water partition coefficient (Wildman–Crippen LogP) is 5.65. The summed E-state index contributed by atoms with van der Waals surface area (Å²) in [5.74, 6) is 0. The van der Waals surface area contributed by atoms with E-state index in [0.29, 0.717) is 5.56 Å². The first kappa shape index (κ1) is 20.9. The molecular formula is C27H26N6. The van der Waals surface area contributed by atoms with Crippen molar-refractivity contribution < 1.29 is 0 Å². The number of H-pyrrole nitrogens is 1. The molecule has 0 spiro atoms. The van der Waals surface area contributed by atoms with Crippen LogP contribution >= 0.6 is 0 Å². The van der Waals surface area contributed by atoms with Crippen LogP contribution in [0.3, 0.4) is 0 Å². The number of fused-ring (bicyclic) bond motifs is 1. The summed E-state index contributed by atoms with van der Waals surface area (Å²) in [6.07, 6.45) is 11.8. The first-order valence-electron chi connectivity index (χ1n) is 11.3. The van der Waals surface area contributed by atoms with Gasteiger partial charge in [0, 0.05) is 47.3 Å². The van der Waals surface area contributed by atoms with E-state index < -0.39 is 0 Å². The second-order valence-corrected chi connectivity index (χ2v) is 8.44. The number of likely N-dealkylation sites (tertiary alicyclic amines) is 1. The molecule has 6 nitrogen and oxygen atoms in total. The van der Waals surface area contributed by atoms with Gasteiger partial charge in [0.15, 0.2) is 0 Å². The molecule has 0 unspecified atom stereocenters. The third-order valence-electron chi connectivity index (χ3n) is 6.21. The lowest BCUT2D eigenvalue weighted by molar-refractivity contribution is 0.327. The highest BCUT2D eigenvalue weighted by atomic mass is 15.1. The average molecular weight is 435 g/mol. The molecule has 3 aromatic heterocycles. The lowest BCUT2D eigenvalue weighted by Crippen LogP contribution is -2.19. The van der Waals surface area contributed by atoms with Crippen LogP contribution in [0.1, 0.15) is 40.9 Å². The second kappa shape index (κ2) is 9.27. The highest BCUT2D eigenvalue weighted by molar-refractivity contribution is 5.90. The molecule has 1 aliphatic heterocycles. The molecule has 0 amide bonds. The van der Waals surface area contributed by atoms with Crippen LogP contribution in [0.25, 0.3) is 23.1 Å². The van der Waals surface area contributed by atoms with Crippen LogP contribution in [0.2, 0.25) is 0 Å². The van der Waals surface area contributed by atoms with E-state index in [1.807, 2.05) is 36.5 Å². The monoisotopic (exact) mass is 434 g/mol. The molecule has 0 radical (unpaired) electrons. The van der Waals surface area contributed by atoms with Gasteiger partial charge in [-0.2, -0.15) is 5.26 Å². The Labute approximate surface area is 193 Å². The van der Waals surface area contributed by atoms with Crippen LogP contribution in [0, 0.1) is 18.3 Å². The van der Waals surface area contributed by atoms with E-state index in [9.17, 15) is 5.26 Å². The Hall–Kier alpha value is -3.95. The molecule has 0 saturated carbocycles. The van der Waals surface area contributed by atoms with E-state index in [2.05, 4.69) is 51.4 Å². The molecule has 1 saturated heterocycles. The first-order chi connectivity index (χ1) is 16.2. The Balaban J connectivity index is 1.43. The van der Waals surface area contributed by atoms with Gasteiger partial charge in [-0.3, -0.25) is 14.9 Å². The molecule has 33 heavy (non-hydrogen) atoms. The smallest absolute Gasteiger partial charge is 0.103 e. The fourth-order valence-electron chi connectivity index (χ4n) is 4.41. The zero-order chi connectivity index (χ0) is 22.6. The Morgan fingerprint density at radius 1 is 1.12 bits per heavy atom. The Morgan fingerprint density at radius 3 is 2.85 bits per heavy atom. The number of aromatic nitrogens is 3. The van der Waals surface area contributed by atoms with Crippen molar-refractivity contribution in [3.05, 3.63) is 83.1 Å². The van der Waals surface area contributed by atoms with Gasteiger partial charge in [0.25, 0.3) is 0 Å². The van der Waals surface area contributed by atoms with Crippen molar-refractivity contribution >= 4 is 34.4 Å². The molecule has 1 fully saturated rings. The molecule has 0 atom stereocenters. The van der Waals surface area contributed by atoms with Crippen molar-refractivity contribution in [1.82, 2.24) is 19.9 Å². The van der Waals surface area contributed by atoms with Gasteiger partial charge in [0.2, 0.25) is 0 Å². The number of rotatable bonds is 6. The maximum Gasteiger partial charge on any atom is 0.103 e. The van der Waals surface area contributed by atoms with Gasteiger partial charge in [0.05, 0.1) is 22.6 Å². The van der Waals surface area contributed by atoms with Gasteiger partial charge in [-0.05, 0) is 80.9 Å². The van der Waals surface area contributed by atoms with Crippen LogP contribution in [0.15, 0.2) is 55.0 Å². The van der Waals surface area contributed by atoms with Gasteiger partial charge in [-0.1, -0.05) is 6.07 Å². The zero-order valence-corrected chi connectivity index (χ0v) is 18.7. The number of hydrogen-bond acceptors (Lipinski definition) is 5. The molecule has 0 aliphatic carbocycles. The average Bonchev–Trinajstić information content (AvgIpc) is 3.53. The minimum Gasteiger partial charge on any atom is -0.361 e. The number of benzene rings is 1. The van der Waals surface area contributed by atoms with Gasteiger partial charge in [0.1, 0.15) is 6.07 Å². The van der Waals surface area contributed by atoms with Gasteiger partial charge < -0.3 is 10.3 Å². The standard InChI is InChI=1S/C27H26N6/c1-19-24-11-12-30-26(24)10-9-25(19)32-27-20(16-29-17-21(27)15-28)7-8-22-5-4-6-23(31-22)18-33-13-2-3-14-33/h4-12,16-17,30H,2-3,13-14,18H2,1H3,(H,29,32)/b8-7+. The van der Waals surface area contributed by atoms with Crippen LogP contribution in [0.4, 0.5) is 11.4 Å². The lowest BCUT2D eigenvalue weighted by Gasteiger charge is -2.14. The second-order valence-electron chi connectivity index (χ2n) is 8.44. The number of pyridine rings is 2. The van der Waals surface area contributed by atoms with E-state index in [1.165, 1.54) is 12.8 Å². The fraction of sp³-hybridized carbons (Fsp3) is 0.222. The highest BCUT2D eigenvalue weighted by Gasteiger charge is 2.13. The SMILES string of the molecule is Cc1c(Nc2c(C#N)cncc2/C=C/c2cccc(CN3CCCC3)n2)ccc2[nH]ccc12. The quantitative estimate of drug-likeness (QED) is 0.410. The molecule has 1 aliphatic rings. The van der Waals surface area contributed by atoms with Crippen LogP contribution in [-0.2, 0) is 6.54 Å². The van der Waals surface area contributed by atoms with E-state index in [0.717, 1.165) is 64.4 Å². The number of aromatic amines is 1. The summed E-state index contributed by atoms with van der Waals surface area (Å²) >= 11 is 0. The van der Waals surface area contributed by atoms with Crippen molar-refractivity contribution in [3.8, 4) is 6.07 Å². The molecule has 4 heterocycles. The molecule has 2 N–H and O–H groups in total. The Kier molecular flexibility index (Phi) is 5.88. The van der Waals surface area contributed by atoms with Crippen LogP contribution < -0.4 is 5.32 Å². The maximum atomic E-state index is 9.71. The van der Waals surface area contributed by atoms with Gasteiger partial charge >= 0.3 is 0 Å². The summed E-state index contributed by atoms with van der Waals surface area (Å²) in [4.78, 5) is 14.8. The molecule has 0 bridgehead atoms. The summed E-state index contributed by atoms with van der Waals surface area (Å²) in [5, 5.41) is 14.3. The van der Waals surface area contributed by atoms with Gasteiger partial charge in [-0.25, -0.2) is 0 Å². The minimum absolute atomic E-state index is 0.501. The summed E-state index contributed by atoms with van der Waals surface area (Å²) in [7, 11) is 0. The van der Waals surface area contributed by atoms with E-state index >= 15 is 0 Å². The van der Waals surface area contributed by atoms with E-state index in [4.69, 9.17) is 4.98 Å². The van der Waals surface area contributed by atoms with Crippen molar-refractivity contribution in [1.29, 1.82) is 5.26 Å². The molecule has 1 aromatic carbocycles. The van der Waals surface area contributed by atoms with Crippen molar-refractivity contribution in [3.63, 3.8) is 0 Å². The third kappa shape index (κ3) is 4.50. The summed E-state index contributed by atoms with van der Waals surface area (Å²) in [6, 6.07) is 14.6. The predicted molar refractivity (Wildman–Crippen MR) is 133 cm³/mol. The van der Waals surface area contributed by atoms with E-state index in [1.54, 1.807) is 12.4 Å². The van der Waals surface area contributed by atoms with Gasteiger partial charge in [-0.15, -0.1) is 0 Å². The molecular weight excluding hydrogens is 408 g/mol. The molecule has 5 rings (SSSR count). The topological polar surface area (TPSA) is 80.6 Å². The largest absolute Gasteiger partial charge is 0.361 e. The summed E-state index contributed by atoms with van der Waals surface area (Å²) < 4.78 is 0. The molecule has 4 aromatic rings. The first-order valence-corrected chi connectivity index (χ1v) is 11.3. The normalized spacial score (nSPS) is 14.2. The fourth-order valence-corrected chi connectivity index (χ4v) is 4.41.